The van der Waals surface area contributed by atoms with Crippen molar-refractivity contribution in [3.8, 4) is 5.75 Å². The van der Waals surface area contributed by atoms with Crippen molar-refractivity contribution in [2.45, 2.75) is 13.0 Å². The van der Waals surface area contributed by atoms with Crippen LogP contribution >= 0.6 is 0 Å². The van der Waals surface area contributed by atoms with E-state index in [-0.39, 0.29) is 0 Å². The van der Waals surface area contributed by atoms with Crippen molar-refractivity contribution in [1.29, 1.82) is 0 Å². The van der Waals surface area contributed by atoms with Gasteiger partial charge in [0.2, 0.25) is 0 Å². The second-order valence-electron chi connectivity index (χ2n) is 5.10. The van der Waals surface area contributed by atoms with Crippen molar-refractivity contribution in [1.82, 2.24) is 20.2 Å². The number of nitrogens with one attached hydrogen (secondary N) is 1. The van der Waals surface area contributed by atoms with Gasteiger partial charge in [0.15, 0.2) is 5.65 Å². The van der Waals surface area contributed by atoms with Crippen molar-refractivity contribution < 1.29 is 4.74 Å². The quantitative estimate of drug-likeness (QED) is 0.777. The number of anilines is 1. The van der Waals surface area contributed by atoms with Crippen LogP contribution in [0.4, 0.5) is 5.82 Å². The maximum Gasteiger partial charge on any atom is 0.160 e. The van der Waals surface area contributed by atoms with E-state index >= 15 is 0 Å². The molecule has 3 aromatic rings. The fraction of sp³-hybridized carbons (Fsp3) is 0.267. The minimum absolute atomic E-state index is 0.774. The first-order valence-corrected chi connectivity index (χ1v) is 6.90. The van der Waals surface area contributed by atoms with E-state index in [0.717, 1.165) is 42.1 Å². The molecule has 21 heavy (non-hydrogen) atoms. The van der Waals surface area contributed by atoms with E-state index < -0.39 is 0 Å². The Morgan fingerprint density at radius 1 is 1.29 bits per heavy atom. The number of H-pyrrole nitrogens is 1. The van der Waals surface area contributed by atoms with Crippen LogP contribution < -0.4 is 9.64 Å². The van der Waals surface area contributed by atoms with Crippen LogP contribution in [0.1, 0.15) is 11.1 Å². The molecule has 0 radical (unpaired) electrons. The van der Waals surface area contributed by atoms with E-state index in [9.17, 15) is 0 Å². The third-order valence-electron chi connectivity index (χ3n) is 3.97. The average Bonchev–Trinajstić information content (AvgIpc) is 3.02. The monoisotopic (exact) mass is 281 g/mol. The predicted octanol–water partition coefficient (Wildman–Crippen LogP) is 1.92. The summed E-state index contributed by atoms with van der Waals surface area (Å²) in [6.07, 6.45) is 4.31. The Bertz CT molecular complexity index is 798. The molecule has 1 aliphatic heterocycles. The highest BCUT2D eigenvalue weighted by Crippen LogP contribution is 2.31. The van der Waals surface area contributed by atoms with Crippen molar-refractivity contribution in [2.75, 3.05) is 18.6 Å². The topological polar surface area (TPSA) is 66.9 Å². The molecular weight excluding hydrogens is 266 g/mol. The molecule has 0 saturated carbocycles. The van der Waals surface area contributed by atoms with E-state index in [1.165, 1.54) is 11.1 Å². The van der Waals surface area contributed by atoms with Gasteiger partial charge in [-0.05, 0) is 18.1 Å². The smallest absolute Gasteiger partial charge is 0.160 e. The first kappa shape index (κ1) is 12.1. The molecule has 6 heteroatoms. The zero-order valence-electron chi connectivity index (χ0n) is 11.7. The average molecular weight is 281 g/mol. The number of hydrogen-bond acceptors (Lipinski definition) is 5. The maximum absolute atomic E-state index is 5.45. The summed E-state index contributed by atoms with van der Waals surface area (Å²) in [5.74, 6) is 1.91. The molecule has 2 aromatic heterocycles. The summed E-state index contributed by atoms with van der Waals surface area (Å²) in [5, 5.41) is 7.90. The molecule has 0 unspecified atom stereocenters. The third kappa shape index (κ3) is 1.91. The molecule has 6 nitrogen and oxygen atoms in total. The zero-order chi connectivity index (χ0) is 14.2. The second kappa shape index (κ2) is 4.73. The molecule has 0 bridgehead atoms. The number of benzene rings is 1. The molecule has 106 valence electrons. The van der Waals surface area contributed by atoms with Crippen molar-refractivity contribution in [2.24, 2.45) is 0 Å². The van der Waals surface area contributed by atoms with Crippen LogP contribution in [-0.2, 0) is 13.0 Å². The number of fused-ring (bicyclic) bond motifs is 2. The van der Waals surface area contributed by atoms with Crippen LogP contribution in [0.25, 0.3) is 11.0 Å². The van der Waals surface area contributed by atoms with Crippen LogP contribution in [0.3, 0.4) is 0 Å². The number of aromatic nitrogens is 4. The Hall–Kier alpha value is -2.63. The normalized spacial score (nSPS) is 14.2. The Kier molecular flexibility index (Phi) is 2.73. The van der Waals surface area contributed by atoms with Crippen LogP contribution in [0.5, 0.6) is 5.75 Å². The molecule has 0 spiro atoms. The molecule has 0 amide bonds. The van der Waals surface area contributed by atoms with E-state index in [1.54, 1.807) is 19.6 Å². The van der Waals surface area contributed by atoms with Gasteiger partial charge in [-0.15, -0.1) is 0 Å². The van der Waals surface area contributed by atoms with Crippen molar-refractivity contribution in [3.63, 3.8) is 0 Å². The lowest BCUT2D eigenvalue weighted by Gasteiger charge is -2.30. The van der Waals surface area contributed by atoms with E-state index in [2.05, 4.69) is 31.1 Å². The van der Waals surface area contributed by atoms with E-state index in [1.807, 2.05) is 12.1 Å². The van der Waals surface area contributed by atoms with Crippen LogP contribution in [-0.4, -0.2) is 33.8 Å². The lowest BCUT2D eigenvalue weighted by Crippen LogP contribution is -2.31. The minimum atomic E-state index is 0.774. The standard InChI is InChI=1S/C15H15N5O/c1-21-13-4-2-3-10-8-20(6-5-11(10)13)15-12-7-18-19-14(12)16-9-17-15/h2-4,7,9H,5-6,8H2,1H3,(H,16,17,18,19). The minimum Gasteiger partial charge on any atom is -0.496 e. The number of methoxy groups -OCH3 is 1. The van der Waals surface area contributed by atoms with E-state index in [0.29, 0.717) is 0 Å². The molecule has 1 N–H and O–H groups in total. The summed E-state index contributed by atoms with van der Waals surface area (Å²) >= 11 is 0. The molecule has 1 aliphatic rings. The van der Waals surface area contributed by atoms with Gasteiger partial charge in [-0.1, -0.05) is 12.1 Å². The first-order valence-electron chi connectivity index (χ1n) is 6.90. The molecule has 0 atom stereocenters. The summed E-state index contributed by atoms with van der Waals surface area (Å²) in [6, 6.07) is 6.21. The molecule has 0 aliphatic carbocycles. The predicted molar refractivity (Wildman–Crippen MR) is 79.4 cm³/mol. The number of rotatable bonds is 2. The van der Waals surface area contributed by atoms with Crippen molar-refractivity contribution >= 4 is 16.9 Å². The van der Waals surface area contributed by atoms with Gasteiger partial charge in [-0.2, -0.15) is 5.10 Å². The van der Waals surface area contributed by atoms with Gasteiger partial charge in [0.05, 0.1) is 18.7 Å². The lowest BCUT2D eigenvalue weighted by atomic mass is 9.98. The van der Waals surface area contributed by atoms with Crippen LogP contribution in [0.2, 0.25) is 0 Å². The van der Waals surface area contributed by atoms with Crippen molar-refractivity contribution in [3.05, 3.63) is 41.9 Å². The van der Waals surface area contributed by atoms with Gasteiger partial charge < -0.3 is 9.64 Å². The summed E-state index contributed by atoms with van der Waals surface area (Å²) in [4.78, 5) is 10.9. The second-order valence-corrected chi connectivity index (χ2v) is 5.10. The summed E-state index contributed by atoms with van der Waals surface area (Å²) < 4.78 is 5.45. The molecule has 3 heterocycles. The summed E-state index contributed by atoms with van der Waals surface area (Å²) in [6.45, 7) is 1.73. The van der Waals surface area contributed by atoms with Gasteiger partial charge in [0.1, 0.15) is 17.9 Å². The Balaban J connectivity index is 1.74. The highest BCUT2D eigenvalue weighted by Gasteiger charge is 2.22. The van der Waals surface area contributed by atoms with Gasteiger partial charge >= 0.3 is 0 Å². The molecule has 0 saturated heterocycles. The number of ether oxygens (including phenoxy) is 1. The first-order chi connectivity index (χ1) is 10.4. The summed E-state index contributed by atoms with van der Waals surface area (Å²) in [7, 11) is 1.72. The van der Waals surface area contributed by atoms with Gasteiger partial charge in [-0.25, -0.2) is 9.97 Å². The molecule has 0 fully saturated rings. The fourth-order valence-electron chi connectivity index (χ4n) is 2.95. The molecule has 1 aromatic carbocycles. The lowest BCUT2D eigenvalue weighted by molar-refractivity contribution is 0.407. The maximum atomic E-state index is 5.45. The largest absolute Gasteiger partial charge is 0.496 e. The Labute approximate surface area is 121 Å². The summed E-state index contributed by atoms with van der Waals surface area (Å²) in [5.41, 5.74) is 3.36. The Morgan fingerprint density at radius 3 is 3.14 bits per heavy atom. The zero-order valence-corrected chi connectivity index (χ0v) is 11.7. The van der Waals surface area contributed by atoms with E-state index in [4.69, 9.17) is 4.74 Å². The SMILES string of the molecule is COc1cccc2c1CCN(c1ncnc3[nH]ncc13)C2. The number of nitrogens with zero attached hydrogens (tertiary/aromatic N) is 4. The highest BCUT2D eigenvalue weighted by atomic mass is 16.5. The number of aromatic amines is 1. The Morgan fingerprint density at radius 2 is 2.24 bits per heavy atom. The van der Waals surface area contributed by atoms with Crippen LogP contribution in [0.15, 0.2) is 30.7 Å². The van der Waals surface area contributed by atoms with Crippen LogP contribution in [0, 0.1) is 0 Å². The molecule has 4 rings (SSSR count). The molecular formula is C15H15N5O. The van der Waals surface area contributed by atoms with Gasteiger partial charge in [0.25, 0.3) is 0 Å². The number of hydrogen-bond donors (Lipinski definition) is 1. The fourth-order valence-corrected chi connectivity index (χ4v) is 2.95. The van der Waals surface area contributed by atoms with Gasteiger partial charge in [0, 0.05) is 18.7 Å². The highest BCUT2D eigenvalue weighted by molar-refractivity contribution is 5.86. The third-order valence-corrected chi connectivity index (χ3v) is 3.97. The van der Waals surface area contributed by atoms with Gasteiger partial charge in [-0.3, -0.25) is 5.10 Å².